The third-order valence-electron chi connectivity index (χ3n) is 3.31. The molecule has 2 fully saturated rings. The average Bonchev–Trinajstić information content (AvgIpc) is 2.99. The molecule has 2 N–H and O–H groups in total. The molecule has 1 atom stereocenters. The van der Waals surface area contributed by atoms with Crippen molar-refractivity contribution >= 4 is 5.97 Å². The number of hydrogen-bond donors (Lipinski definition) is 1. The Balaban J connectivity index is 1.91. The molecule has 0 aliphatic heterocycles. The van der Waals surface area contributed by atoms with Gasteiger partial charge in [0.05, 0.1) is 6.61 Å². The van der Waals surface area contributed by atoms with Gasteiger partial charge in [-0.3, -0.25) is 4.79 Å². The van der Waals surface area contributed by atoms with Gasteiger partial charge in [0, 0.05) is 0 Å². The van der Waals surface area contributed by atoms with Crippen molar-refractivity contribution in [2.45, 2.75) is 38.6 Å². The molecule has 0 radical (unpaired) electrons. The molecule has 0 bridgehead atoms. The number of carbonyl (C=O) groups is 1. The zero-order valence-electron chi connectivity index (χ0n) is 8.74. The van der Waals surface area contributed by atoms with E-state index in [4.69, 9.17) is 10.5 Å². The fourth-order valence-corrected chi connectivity index (χ4v) is 2.33. The van der Waals surface area contributed by atoms with E-state index in [0.29, 0.717) is 24.4 Å². The fraction of sp³-hybridized carbons (Fsp3) is 0.909. The quantitative estimate of drug-likeness (QED) is 0.676. The average molecular weight is 197 g/mol. The van der Waals surface area contributed by atoms with Crippen LogP contribution in [-0.4, -0.2) is 18.6 Å². The summed E-state index contributed by atoms with van der Waals surface area (Å²) in [5, 5.41) is 0. The highest BCUT2D eigenvalue weighted by Gasteiger charge is 2.46. The van der Waals surface area contributed by atoms with E-state index in [1.165, 1.54) is 25.7 Å². The number of carbonyl (C=O) groups excluding carboxylic acids is 1. The molecule has 2 aliphatic carbocycles. The fourth-order valence-electron chi connectivity index (χ4n) is 2.33. The Morgan fingerprint density at radius 1 is 1.36 bits per heavy atom. The normalized spacial score (nSPS) is 23.6. The van der Waals surface area contributed by atoms with E-state index in [-0.39, 0.29) is 12.0 Å². The van der Waals surface area contributed by atoms with Crippen molar-refractivity contribution in [2.24, 2.45) is 23.5 Å². The number of esters is 1. The minimum atomic E-state index is -0.366. The molecule has 3 heteroatoms. The zero-order valence-corrected chi connectivity index (χ0v) is 8.74. The van der Waals surface area contributed by atoms with Gasteiger partial charge in [-0.15, -0.1) is 0 Å². The van der Waals surface area contributed by atoms with Gasteiger partial charge < -0.3 is 10.5 Å². The first-order chi connectivity index (χ1) is 6.74. The Morgan fingerprint density at radius 3 is 2.21 bits per heavy atom. The molecule has 0 heterocycles. The summed E-state index contributed by atoms with van der Waals surface area (Å²) in [7, 11) is 0. The number of hydrogen-bond acceptors (Lipinski definition) is 3. The lowest BCUT2D eigenvalue weighted by Crippen LogP contribution is -2.41. The highest BCUT2D eigenvalue weighted by atomic mass is 16.5. The maximum Gasteiger partial charge on any atom is 0.323 e. The van der Waals surface area contributed by atoms with Crippen molar-refractivity contribution in [2.75, 3.05) is 6.61 Å². The van der Waals surface area contributed by atoms with Gasteiger partial charge in [-0.05, 0) is 50.4 Å². The lowest BCUT2D eigenvalue weighted by molar-refractivity contribution is -0.146. The topological polar surface area (TPSA) is 52.3 Å². The van der Waals surface area contributed by atoms with Crippen LogP contribution in [0.3, 0.4) is 0 Å². The van der Waals surface area contributed by atoms with Gasteiger partial charge in [0.15, 0.2) is 0 Å². The van der Waals surface area contributed by atoms with E-state index in [1.54, 1.807) is 0 Å². The van der Waals surface area contributed by atoms with E-state index in [2.05, 4.69) is 0 Å². The molecular weight excluding hydrogens is 178 g/mol. The summed E-state index contributed by atoms with van der Waals surface area (Å²) in [6, 6.07) is -0.366. The predicted molar refractivity (Wildman–Crippen MR) is 53.5 cm³/mol. The van der Waals surface area contributed by atoms with Crippen molar-refractivity contribution in [1.82, 2.24) is 0 Å². The summed E-state index contributed by atoms with van der Waals surface area (Å²) in [6.07, 6.45) is 5.03. The van der Waals surface area contributed by atoms with E-state index in [0.717, 1.165) is 0 Å². The Kier molecular flexibility index (Phi) is 2.77. The molecule has 2 rings (SSSR count). The Labute approximate surface area is 85.0 Å². The van der Waals surface area contributed by atoms with Gasteiger partial charge >= 0.3 is 5.97 Å². The van der Waals surface area contributed by atoms with E-state index >= 15 is 0 Å². The van der Waals surface area contributed by atoms with Crippen LogP contribution in [0.1, 0.15) is 32.6 Å². The van der Waals surface area contributed by atoms with Crippen molar-refractivity contribution < 1.29 is 9.53 Å². The van der Waals surface area contributed by atoms with Crippen LogP contribution in [0.25, 0.3) is 0 Å². The molecule has 0 saturated heterocycles. The van der Waals surface area contributed by atoms with Gasteiger partial charge in [-0.1, -0.05) is 0 Å². The number of nitrogens with two attached hydrogens (primary N) is 1. The molecule has 2 saturated carbocycles. The van der Waals surface area contributed by atoms with Crippen molar-refractivity contribution in [3.05, 3.63) is 0 Å². The Hall–Kier alpha value is -0.570. The van der Waals surface area contributed by atoms with Crippen LogP contribution in [0.4, 0.5) is 0 Å². The Morgan fingerprint density at radius 2 is 1.86 bits per heavy atom. The summed E-state index contributed by atoms with van der Waals surface area (Å²) >= 11 is 0. The van der Waals surface area contributed by atoms with Crippen LogP contribution < -0.4 is 5.73 Å². The van der Waals surface area contributed by atoms with Crippen LogP contribution in [-0.2, 0) is 9.53 Å². The maximum atomic E-state index is 11.5. The van der Waals surface area contributed by atoms with Crippen LogP contribution in [0.2, 0.25) is 0 Å². The standard InChI is InChI=1S/C11H19NO2/c1-2-14-11(13)10(12)9(7-3-4-7)8-5-6-8/h7-10H,2-6,12H2,1H3. The van der Waals surface area contributed by atoms with Crippen LogP contribution in [0, 0.1) is 17.8 Å². The molecule has 0 aromatic heterocycles. The van der Waals surface area contributed by atoms with E-state index in [1.807, 2.05) is 6.92 Å². The van der Waals surface area contributed by atoms with Gasteiger partial charge in [-0.25, -0.2) is 0 Å². The molecule has 0 spiro atoms. The second-order valence-corrected chi connectivity index (χ2v) is 4.53. The second kappa shape index (κ2) is 3.89. The maximum absolute atomic E-state index is 11.5. The highest BCUT2D eigenvalue weighted by molar-refractivity contribution is 5.76. The molecule has 3 nitrogen and oxygen atoms in total. The van der Waals surface area contributed by atoms with Crippen LogP contribution >= 0.6 is 0 Å². The largest absolute Gasteiger partial charge is 0.465 e. The summed E-state index contributed by atoms with van der Waals surface area (Å²) in [5.41, 5.74) is 5.95. The van der Waals surface area contributed by atoms with Gasteiger partial charge in [0.1, 0.15) is 6.04 Å². The lowest BCUT2D eigenvalue weighted by Gasteiger charge is -2.21. The molecular formula is C11H19NO2. The first kappa shape index (κ1) is 9.97. The number of ether oxygens (including phenoxy) is 1. The van der Waals surface area contributed by atoms with E-state index in [9.17, 15) is 4.79 Å². The summed E-state index contributed by atoms with van der Waals surface area (Å²) < 4.78 is 4.98. The van der Waals surface area contributed by atoms with Gasteiger partial charge in [-0.2, -0.15) is 0 Å². The molecule has 80 valence electrons. The molecule has 1 unspecified atom stereocenters. The monoisotopic (exact) mass is 197 g/mol. The summed E-state index contributed by atoms with van der Waals surface area (Å²) in [4.78, 5) is 11.5. The van der Waals surface area contributed by atoms with Crippen molar-refractivity contribution in [3.63, 3.8) is 0 Å². The summed E-state index contributed by atoms with van der Waals surface area (Å²) in [5.74, 6) is 1.63. The summed E-state index contributed by atoms with van der Waals surface area (Å²) in [6.45, 7) is 2.27. The zero-order chi connectivity index (χ0) is 10.1. The third kappa shape index (κ3) is 2.08. The van der Waals surface area contributed by atoms with Crippen LogP contribution in [0.15, 0.2) is 0 Å². The first-order valence-corrected chi connectivity index (χ1v) is 5.66. The lowest BCUT2D eigenvalue weighted by atomic mass is 9.90. The smallest absolute Gasteiger partial charge is 0.323 e. The Bertz CT molecular complexity index is 209. The number of rotatable bonds is 5. The molecule has 0 aromatic rings. The predicted octanol–water partition coefficient (Wildman–Crippen LogP) is 1.31. The van der Waals surface area contributed by atoms with Crippen LogP contribution in [0.5, 0.6) is 0 Å². The second-order valence-electron chi connectivity index (χ2n) is 4.53. The molecule has 0 aromatic carbocycles. The minimum Gasteiger partial charge on any atom is -0.465 e. The molecule has 14 heavy (non-hydrogen) atoms. The highest BCUT2D eigenvalue weighted by Crippen LogP contribution is 2.50. The molecule has 0 amide bonds. The SMILES string of the molecule is CCOC(=O)C(N)C(C1CC1)C1CC1. The minimum absolute atomic E-state index is 0.198. The molecule has 2 aliphatic rings. The first-order valence-electron chi connectivity index (χ1n) is 5.66. The van der Waals surface area contributed by atoms with Crippen molar-refractivity contribution in [3.8, 4) is 0 Å². The van der Waals surface area contributed by atoms with Gasteiger partial charge in [0.2, 0.25) is 0 Å². The third-order valence-corrected chi connectivity index (χ3v) is 3.31. The van der Waals surface area contributed by atoms with Crippen molar-refractivity contribution in [1.29, 1.82) is 0 Å². The van der Waals surface area contributed by atoms with Gasteiger partial charge in [0.25, 0.3) is 0 Å². The van der Waals surface area contributed by atoms with E-state index < -0.39 is 0 Å².